The molecule has 152 valence electrons. The van der Waals surface area contributed by atoms with E-state index in [1.165, 1.54) is 5.56 Å². The van der Waals surface area contributed by atoms with Crippen LogP contribution in [0.1, 0.15) is 5.56 Å². The van der Waals surface area contributed by atoms with Gasteiger partial charge in [-0.15, -0.1) is 10.2 Å². The summed E-state index contributed by atoms with van der Waals surface area (Å²) in [5.41, 5.74) is 3.09. The first-order chi connectivity index (χ1) is 14.6. The Balaban J connectivity index is 1.55. The molecule has 30 heavy (non-hydrogen) atoms. The Hall–Kier alpha value is -2.47. The van der Waals surface area contributed by atoms with Gasteiger partial charge in [-0.05, 0) is 67.6 Å². The molecule has 1 aromatic heterocycles. The lowest BCUT2D eigenvalue weighted by molar-refractivity contribution is 0.344. The molecule has 4 nitrogen and oxygen atoms in total. The quantitative estimate of drug-likeness (QED) is 0.229. The van der Waals surface area contributed by atoms with Crippen LogP contribution in [0.2, 0.25) is 10.0 Å². The number of ether oxygens (including phenoxy) is 1. The van der Waals surface area contributed by atoms with Crippen molar-refractivity contribution < 1.29 is 4.74 Å². The zero-order chi connectivity index (χ0) is 20.9. The maximum atomic E-state index is 6.08. The Morgan fingerprint density at radius 1 is 0.833 bits per heavy atom. The van der Waals surface area contributed by atoms with Crippen molar-refractivity contribution in [3.8, 4) is 22.8 Å². The van der Waals surface area contributed by atoms with Crippen LogP contribution in [0.3, 0.4) is 0 Å². The number of aromatic nitrogens is 3. The molecular weight excluding hydrogens is 437 g/mol. The van der Waals surface area contributed by atoms with Gasteiger partial charge in [0.05, 0.1) is 6.61 Å². The predicted octanol–water partition coefficient (Wildman–Crippen LogP) is 6.72. The van der Waals surface area contributed by atoms with E-state index >= 15 is 0 Å². The number of thioether (sulfide) groups is 1. The van der Waals surface area contributed by atoms with Crippen LogP contribution in [0.5, 0.6) is 5.75 Å². The van der Waals surface area contributed by atoms with E-state index in [4.69, 9.17) is 27.9 Å². The van der Waals surface area contributed by atoms with Crippen LogP contribution in [0.25, 0.3) is 17.1 Å². The van der Waals surface area contributed by atoms with E-state index in [1.54, 1.807) is 11.8 Å². The van der Waals surface area contributed by atoms with Crippen LogP contribution < -0.4 is 4.74 Å². The first-order valence-electron chi connectivity index (χ1n) is 9.40. The molecule has 7 heteroatoms. The number of rotatable bonds is 7. The molecule has 0 atom stereocenters. The zero-order valence-electron chi connectivity index (χ0n) is 16.3. The molecule has 4 aromatic rings. The number of hydrogen-bond acceptors (Lipinski definition) is 4. The van der Waals surface area contributed by atoms with Crippen molar-refractivity contribution in [1.82, 2.24) is 14.8 Å². The topological polar surface area (TPSA) is 39.9 Å². The highest BCUT2D eigenvalue weighted by Crippen LogP contribution is 2.29. The summed E-state index contributed by atoms with van der Waals surface area (Å²) in [5.74, 6) is 2.35. The van der Waals surface area contributed by atoms with E-state index in [0.717, 1.165) is 33.7 Å². The number of hydrogen-bond donors (Lipinski definition) is 0. The van der Waals surface area contributed by atoms with Gasteiger partial charge in [0, 0.05) is 27.0 Å². The molecule has 0 fully saturated rings. The third-order valence-corrected chi connectivity index (χ3v) is 5.82. The van der Waals surface area contributed by atoms with Crippen molar-refractivity contribution in [2.24, 2.45) is 0 Å². The lowest BCUT2D eigenvalue weighted by Gasteiger charge is -2.11. The van der Waals surface area contributed by atoms with Crippen LogP contribution in [-0.2, 0) is 0 Å². The van der Waals surface area contributed by atoms with Gasteiger partial charge >= 0.3 is 0 Å². The Labute approximate surface area is 189 Å². The van der Waals surface area contributed by atoms with Crippen molar-refractivity contribution >= 4 is 35.0 Å². The Morgan fingerprint density at radius 2 is 1.47 bits per heavy atom. The molecular formula is C23H19Cl2N3OS. The molecule has 0 aliphatic carbocycles. The van der Waals surface area contributed by atoms with E-state index in [1.807, 2.05) is 77.4 Å². The first-order valence-corrected chi connectivity index (χ1v) is 11.1. The molecule has 0 aliphatic heterocycles. The average Bonchev–Trinajstić information content (AvgIpc) is 3.17. The van der Waals surface area contributed by atoms with Crippen LogP contribution in [0, 0.1) is 6.92 Å². The number of nitrogens with zero attached hydrogens (tertiary/aromatic N) is 3. The first kappa shape index (κ1) is 20.8. The Morgan fingerprint density at radius 3 is 2.13 bits per heavy atom. The molecule has 3 aromatic carbocycles. The smallest absolute Gasteiger partial charge is 0.196 e. The zero-order valence-corrected chi connectivity index (χ0v) is 18.6. The summed E-state index contributed by atoms with van der Waals surface area (Å²) >= 11 is 13.7. The summed E-state index contributed by atoms with van der Waals surface area (Å²) in [6, 6.07) is 23.2. The minimum Gasteiger partial charge on any atom is -0.493 e. The average molecular weight is 456 g/mol. The van der Waals surface area contributed by atoms with Crippen molar-refractivity contribution in [2.45, 2.75) is 12.1 Å². The standard InChI is InChI=1S/C23H19Cl2N3OS/c1-16-2-12-21(13-3-16)29-14-15-30-23-27-26-22(17-4-6-18(24)7-5-17)28(23)20-10-8-19(25)9-11-20/h2-13H,14-15H2,1H3. The fourth-order valence-corrected chi connectivity index (χ4v) is 3.92. The van der Waals surface area contributed by atoms with Crippen LogP contribution >= 0.6 is 35.0 Å². The van der Waals surface area contributed by atoms with Gasteiger partial charge in [0.15, 0.2) is 11.0 Å². The van der Waals surface area contributed by atoms with Crippen LogP contribution in [-0.4, -0.2) is 27.1 Å². The predicted molar refractivity (Wildman–Crippen MR) is 124 cm³/mol. The van der Waals surface area contributed by atoms with E-state index in [9.17, 15) is 0 Å². The van der Waals surface area contributed by atoms with Crippen molar-refractivity contribution in [3.05, 3.63) is 88.4 Å². The molecule has 0 spiro atoms. The molecule has 0 N–H and O–H groups in total. The van der Waals surface area contributed by atoms with Gasteiger partial charge in [-0.3, -0.25) is 4.57 Å². The minimum absolute atomic E-state index is 0.567. The molecule has 0 saturated carbocycles. The summed E-state index contributed by atoms with van der Waals surface area (Å²) in [6.45, 7) is 2.62. The molecule has 0 unspecified atom stereocenters. The number of halogens is 2. The van der Waals surface area contributed by atoms with Crippen molar-refractivity contribution in [1.29, 1.82) is 0 Å². The number of aryl methyl sites for hydroxylation is 1. The maximum Gasteiger partial charge on any atom is 0.196 e. The molecule has 4 rings (SSSR count). The molecule has 0 bridgehead atoms. The van der Waals surface area contributed by atoms with E-state index in [2.05, 4.69) is 17.1 Å². The third-order valence-electron chi connectivity index (χ3n) is 4.42. The maximum absolute atomic E-state index is 6.08. The van der Waals surface area contributed by atoms with Gasteiger partial charge in [0.2, 0.25) is 0 Å². The van der Waals surface area contributed by atoms with Crippen molar-refractivity contribution in [2.75, 3.05) is 12.4 Å². The Bertz CT molecular complexity index is 1110. The highest BCUT2D eigenvalue weighted by molar-refractivity contribution is 7.99. The van der Waals surface area contributed by atoms with Gasteiger partial charge in [-0.2, -0.15) is 0 Å². The second-order valence-corrected chi connectivity index (χ2v) is 8.57. The van der Waals surface area contributed by atoms with Gasteiger partial charge in [0.1, 0.15) is 5.75 Å². The van der Waals surface area contributed by atoms with Crippen LogP contribution in [0.15, 0.2) is 78.0 Å². The molecule has 0 amide bonds. The van der Waals surface area contributed by atoms with E-state index in [-0.39, 0.29) is 0 Å². The highest BCUT2D eigenvalue weighted by atomic mass is 35.5. The monoisotopic (exact) mass is 455 g/mol. The minimum atomic E-state index is 0.567. The second-order valence-electron chi connectivity index (χ2n) is 6.63. The highest BCUT2D eigenvalue weighted by Gasteiger charge is 2.16. The molecule has 0 saturated heterocycles. The molecule has 0 aliphatic rings. The molecule has 0 radical (unpaired) electrons. The van der Waals surface area contributed by atoms with Gasteiger partial charge in [-0.1, -0.05) is 52.7 Å². The van der Waals surface area contributed by atoms with Crippen molar-refractivity contribution in [3.63, 3.8) is 0 Å². The second kappa shape index (κ2) is 9.56. The fourth-order valence-electron chi connectivity index (χ4n) is 2.90. The van der Waals surface area contributed by atoms with Crippen LogP contribution in [0.4, 0.5) is 0 Å². The van der Waals surface area contributed by atoms with Gasteiger partial charge in [-0.25, -0.2) is 0 Å². The Kier molecular flexibility index (Phi) is 6.62. The van der Waals surface area contributed by atoms with E-state index < -0.39 is 0 Å². The summed E-state index contributed by atoms with van der Waals surface area (Å²) in [7, 11) is 0. The third kappa shape index (κ3) is 4.98. The molecule has 1 heterocycles. The summed E-state index contributed by atoms with van der Waals surface area (Å²) in [5, 5.41) is 11.0. The summed E-state index contributed by atoms with van der Waals surface area (Å²) in [4.78, 5) is 0. The summed E-state index contributed by atoms with van der Waals surface area (Å²) < 4.78 is 7.86. The fraction of sp³-hybridized carbons (Fsp3) is 0.130. The lowest BCUT2D eigenvalue weighted by atomic mass is 10.2. The van der Waals surface area contributed by atoms with Gasteiger partial charge in [0.25, 0.3) is 0 Å². The summed E-state index contributed by atoms with van der Waals surface area (Å²) in [6.07, 6.45) is 0. The SMILES string of the molecule is Cc1ccc(OCCSc2nnc(-c3ccc(Cl)cc3)n2-c2ccc(Cl)cc2)cc1. The normalized spacial score (nSPS) is 10.9. The largest absolute Gasteiger partial charge is 0.493 e. The lowest BCUT2D eigenvalue weighted by Crippen LogP contribution is -2.03. The number of benzene rings is 3. The van der Waals surface area contributed by atoms with Gasteiger partial charge < -0.3 is 4.74 Å². The van der Waals surface area contributed by atoms with E-state index in [0.29, 0.717) is 16.7 Å².